The van der Waals surface area contributed by atoms with Crippen molar-refractivity contribution >= 4 is 5.82 Å². The van der Waals surface area contributed by atoms with Gasteiger partial charge in [-0.25, -0.2) is 4.98 Å². The number of pyridine rings is 1. The van der Waals surface area contributed by atoms with E-state index in [1.807, 2.05) is 6.20 Å². The molecule has 1 heterocycles. The predicted molar refractivity (Wildman–Crippen MR) is 81.4 cm³/mol. The third-order valence-corrected chi connectivity index (χ3v) is 3.84. The van der Waals surface area contributed by atoms with Crippen molar-refractivity contribution in [3.8, 4) is 0 Å². The third-order valence-electron chi connectivity index (χ3n) is 3.84. The number of rotatable bonds is 7. The van der Waals surface area contributed by atoms with Crippen LogP contribution in [0.4, 0.5) is 5.82 Å². The molecule has 1 aliphatic carbocycles. The van der Waals surface area contributed by atoms with Crippen LogP contribution in [0.1, 0.15) is 38.7 Å². The summed E-state index contributed by atoms with van der Waals surface area (Å²) in [7, 11) is 2.15. The molecule has 0 atom stereocenters. The maximum atomic E-state index is 4.57. The molecule has 1 aliphatic rings. The summed E-state index contributed by atoms with van der Waals surface area (Å²) in [4.78, 5) is 6.86. The SMILES string of the molecule is CC(C)CNCc1ccc(N(C)CC2CCC2)nc1. The molecule has 1 fully saturated rings. The van der Waals surface area contributed by atoms with E-state index in [0.717, 1.165) is 31.4 Å². The normalized spacial score (nSPS) is 15.6. The van der Waals surface area contributed by atoms with Gasteiger partial charge in [-0.3, -0.25) is 0 Å². The van der Waals surface area contributed by atoms with E-state index in [0.29, 0.717) is 5.92 Å². The molecule has 0 unspecified atom stereocenters. The second-order valence-corrected chi connectivity index (χ2v) is 6.23. The molecule has 19 heavy (non-hydrogen) atoms. The van der Waals surface area contributed by atoms with E-state index in [-0.39, 0.29) is 0 Å². The van der Waals surface area contributed by atoms with Crippen molar-refractivity contribution in [1.82, 2.24) is 10.3 Å². The second-order valence-electron chi connectivity index (χ2n) is 6.23. The van der Waals surface area contributed by atoms with Crippen LogP contribution in [0, 0.1) is 11.8 Å². The van der Waals surface area contributed by atoms with E-state index in [2.05, 4.69) is 48.2 Å². The van der Waals surface area contributed by atoms with E-state index in [1.165, 1.54) is 24.8 Å². The Morgan fingerprint density at radius 2 is 2.16 bits per heavy atom. The molecule has 1 aromatic rings. The van der Waals surface area contributed by atoms with Gasteiger partial charge in [0.25, 0.3) is 0 Å². The summed E-state index contributed by atoms with van der Waals surface area (Å²) in [6.45, 7) is 7.58. The van der Waals surface area contributed by atoms with E-state index >= 15 is 0 Å². The zero-order valence-electron chi connectivity index (χ0n) is 12.5. The van der Waals surface area contributed by atoms with Crippen LogP contribution in [0.2, 0.25) is 0 Å². The molecular weight excluding hydrogens is 234 g/mol. The van der Waals surface area contributed by atoms with Crippen molar-refractivity contribution in [3.63, 3.8) is 0 Å². The molecule has 0 saturated heterocycles. The number of aromatic nitrogens is 1. The number of nitrogens with zero attached hydrogens (tertiary/aromatic N) is 2. The molecule has 0 radical (unpaired) electrons. The highest BCUT2D eigenvalue weighted by Gasteiger charge is 2.19. The molecule has 106 valence electrons. The van der Waals surface area contributed by atoms with Crippen LogP contribution in [-0.4, -0.2) is 25.1 Å². The largest absolute Gasteiger partial charge is 0.359 e. The van der Waals surface area contributed by atoms with Gasteiger partial charge in [0.05, 0.1) is 0 Å². The van der Waals surface area contributed by atoms with E-state index < -0.39 is 0 Å². The average Bonchev–Trinajstić information content (AvgIpc) is 2.34. The van der Waals surface area contributed by atoms with Crippen molar-refractivity contribution in [2.45, 2.75) is 39.7 Å². The molecule has 0 spiro atoms. The zero-order valence-corrected chi connectivity index (χ0v) is 12.5. The lowest BCUT2D eigenvalue weighted by Crippen LogP contribution is -2.29. The maximum Gasteiger partial charge on any atom is 0.128 e. The van der Waals surface area contributed by atoms with Crippen LogP contribution in [0.15, 0.2) is 18.3 Å². The van der Waals surface area contributed by atoms with Crippen LogP contribution in [-0.2, 0) is 6.54 Å². The van der Waals surface area contributed by atoms with Crippen LogP contribution >= 0.6 is 0 Å². The smallest absolute Gasteiger partial charge is 0.128 e. The van der Waals surface area contributed by atoms with Gasteiger partial charge in [0.2, 0.25) is 0 Å². The molecule has 0 aromatic carbocycles. The summed E-state index contributed by atoms with van der Waals surface area (Å²) in [5.74, 6) is 2.68. The number of anilines is 1. The monoisotopic (exact) mass is 261 g/mol. The maximum absolute atomic E-state index is 4.57. The van der Waals surface area contributed by atoms with Crippen molar-refractivity contribution < 1.29 is 0 Å². The van der Waals surface area contributed by atoms with Gasteiger partial charge in [-0.05, 0) is 42.9 Å². The third kappa shape index (κ3) is 4.50. The minimum Gasteiger partial charge on any atom is -0.359 e. The van der Waals surface area contributed by atoms with Crippen LogP contribution in [0.3, 0.4) is 0 Å². The van der Waals surface area contributed by atoms with Crippen molar-refractivity contribution in [2.75, 3.05) is 25.0 Å². The van der Waals surface area contributed by atoms with Gasteiger partial charge in [-0.15, -0.1) is 0 Å². The first-order valence-corrected chi connectivity index (χ1v) is 7.52. The Labute approximate surface area is 117 Å². The summed E-state index contributed by atoms with van der Waals surface area (Å²) >= 11 is 0. The fourth-order valence-corrected chi connectivity index (χ4v) is 2.41. The molecule has 0 amide bonds. The van der Waals surface area contributed by atoms with Gasteiger partial charge < -0.3 is 10.2 Å². The summed E-state index contributed by atoms with van der Waals surface area (Å²) in [6, 6.07) is 4.33. The highest BCUT2D eigenvalue weighted by molar-refractivity contribution is 5.38. The van der Waals surface area contributed by atoms with Gasteiger partial charge in [0.1, 0.15) is 5.82 Å². The van der Waals surface area contributed by atoms with Gasteiger partial charge in [-0.1, -0.05) is 26.3 Å². The first-order valence-electron chi connectivity index (χ1n) is 7.52. The number of hydrogen-bond acceptors (Lipinski definition) is 3. The Bertz CT molecular complexity index is 368. The summed E-state index contributed by atoms with van der Waals surface area (Å²) in [6.07, 6.45) is 6.19. The van der Waals surface area contributed by atoms with Gasteiger partial charge in [0.15, 0.2) is 0 Å². The molecule has 1 saturated carbocycles. The lowest BCUT2D eigenvalue weighted by Gasteiger charge is -2.30. The topological polar surface area (TPSA) is 28.2 Å². The molecule has 3 heteroatoms. The fourth-order valence-electron chi connectivity index (χ4n) is 2.41. The molecule has 1 N–H and O–H groups in total. The van der Waals surface area contributed by atoms with Crippen molar-refractivity contribution in [2.24, 2.45) is 11.8 Å². The lowest BCUT2D eigenvalue weighted by molar-refractivity contribution is 0.321. The highest BCUT2D eigenvalue weighted by atomic mass is 15.2. The minimum atomic E-state index is 0.695. The standard InChI is InChI=1S/C16H27N3/c1-13(2)9-17-10-15-7-8-16(18-11-15)19(3)12-14-5-4-6-14/h7-8,11,13-14,17H,4-6,9-10,12H2,1-3H3. The Balaban J connectivity index is 1.79. The number of nitrogens with one attached hydrogen (secondary N) is 1. The Kier molecular flexibility index (Phi) is 5.20. The minimum absolute atomic E-state index is 0.695. The summed E-state index contributed by atoms with van der Waals surface area (Å²) in [5, 5.41) is 3.45. The first-order chi connectivity index (χ1) is 9.15. The Morgan fingerprint density at radius 3 is 2.68 bits per heavy atom. The molecule has 3 nitrogen and oxygen atoms in total. The zero-order chi connectivity index (χ0) is 13.7. The Morgan fingerprint density at radius 1 is 1.37 bits per heavy atom. The fraction of sp³-hybridized carbons (Fsp3) is 0.688. The van der Waals surface area contributed by atoms with E-state index in [9.17, 15) is 0 Å². The summed E-state index contributed by atoms with van der Waals surface area (Å²) < 4.78 is 0. The number of hydrogen-bond donors (Lipinski definition) is 1. The van der Waals surface area contributed by atoms with Crippen LogP contribution in [0.5, 0.6) is 0 Å². The van der Waals surface area contributed by atoms with Gasteiger partial charge >= 0.3 is 0 Å². The van der Waals surface area contributed by atoms with Crippen molar-refractivity contribution in [1.29, 1.82) is 0 Å². The second kappa shape index (κ2) is 6.90. The molecule has 0 aliphatic heterocycles. The average molecular weight is 261 g/mol. The van der Waals surface area contributed by atoms with Crippen LogP contribution < -0.4 is 10.2 Å². The lowest BCUT2D eigenvalue weighted by atomic mass is 9.85. The Hall–Kier alpha value is -1.09. The molecular formula is C16H27N3. The quantitative estimate of drug-likeness (QED) is 0.817. The molecule has 2 rings (SSSR count). The molecule has 1 aromatic heterocycles. The van der Waals surface area contributed by atoms with E-state index in [4.69, 9.17) is 0 Å². The van der Waals surface area contributed by atoms with Crippen molar-refractivity contribution in [3.05, 3.63) is 23.9 Å². The van der Waals surface area contributed by atoms with Gasteiger partial charge in [-0.2, -0.15) is 0 Å². The van der Waals surface area contributed by atoms with Gasteiger partial charge in [0, 0.05) is 26.3 Å². The van der Waals surface area contributed by atoms with Crippen LogP contribution in [0.25, 0.3) is 0 Å². The molecule has 0 bridgehead atoms. The predicted octanol–water partition coefficient (Wildman–Crippen LogP) is 3.06. The summed E-state index contributed by atoms with van der Waals surface area (Å²) in [5.41, 5.74) is 1.27. The highest BCUT2D eigenvalue weighted by Crippen LogP contribution is 2.27. The van der Waals surface area contributed by atoms with E-state index in [1.54, 1.807) is 0 Å². The first kappa shape index (κ1) is 14.3.